The van der Waals surface area contributed by atoms with Crippen LogP contribution in [0.4, 0.5) is 10.8 Å². The number of hydrogen-bond donors (Lipinski definition) is 3. The van der Waals surface area contributed by atoms with Gasteiger partial charge in [-0.2, -0.15) is 4.37 Å². The summed E-state index contributed by atoms with van der Waals surface area (Å²) < 4.78 is 4.24. The van der Waals surface area contributed by atoms with Crippen LogP contribution < -0.4 is 11.1 Å². The van der Waals surface area contributed by atoms with E-state index in [2.05, 4.69) is 16.6 Å². The molecule has 20 heavy (non-hydrogen) atoms. The molecule has 4 N–H and O–H groups in total. The lowest BCUT2D eigenvalue weighted by atomic mass is 10.1. The van der Waals surface area contributed by atoms with Gasteiger partial charge in [-0.25, -0.2) is 0 Å². The first kappa shape index (κ1) is 14.8. The van der Waals surface area contributed by atoms with E-state index in [9.17, 15) is 0 Å². The molecule has 4 nitrogen and oxygen atoms in total. The molecular formula is C15H21N3OS. The van der Waals surface area contributed by atoms with E-state index in [1.165, 1.54) is 11.5 Å². The lowest BCUT2D eigenvalue weighted by Gasteiger charge is -2.09. The van der Waals surface area contributed by atoms with Gasteiger partial charge in [-0.3, -0.25) is 0 Å². The molecule has 0 radical (unpaired) electrons. The van der Waals surface area contributed by atoms with Crippen molar-refractivity contribution < 1.29 is 5.11 Å². The molecule has 0 saturated carbocycles. The summed E-state index contributed by atoms with van der Waals surface area (Å²) >= 11 is 1.40. The molecule has 0 aliphatic rings. The molecule has 1 atom stereocenters. The molecule has 0 spiro atoms. The average Bonchev–Trinajstić information content (AvgIpc) is 2.85. The number of aliphatic hydroxyl groups excluding tert-OH is 1. The van der Waals surface area contributed by atoms with Gasteiger partial charge in [0.25, 0.3) is 0 Å². The van der Waals surface area contributed by atoms with Crippen LogP contribution in [0.2, 0.25) is 0 Å². The number of aromatic nitrogens is 1. The summed E-state index contributed by atoms with van der Waals surface area (Å²) in [5, 5.41) is 13.4. The van der Waals surface area contributed by atoms with Crippen LogP contribution in [-0.2, 0) is 0 Å². The maximum atomic E-state index is 9.00. The molecule has 0 aliphatic heterocycles. The van der Waals surface area contributed by atoms with Crippen molar-refractivity contribution in [3.05, 3.63) is 30.3 Å². The molecular weight excluding hydrogens is 270 g/mol. The highest BCUT2D eigenvalue weighted by molar-refractivity contribution is 7.11. The Morgan fingerprint density at radius 1 is 1.35 bits per heavy atom. The predicted molar refractivity (Wildman–Crippen MR) is 85.9 cm³/mol. The second-order valence-corrected chi connectivity index (χ2v) is 5.77. The van der Waals surface area contributed by atoms with Crippen molar-refractivity contribution in [2.24, 2.45) is 5.92 Å². The molecule has 0 saturated heterocycles. The van der Waals surface area contributed by atoms with Gasteiger partial charge in [-0.05, 0) is 35.9 Å². The highest BCUT2D eigenvalue weighted by Gasteiger charge is 2.12. The van der Waals surface area contributed by atoms with Crippen LogP contribution >= 0.6 is 11.5 Å². The summed E-state index contributed by atoms with van der Waals surface area (Å²) in [7, 11) is 0. The van der Waals surface area contributed by atoms with Crippen LogP contribution in [0.5, 0.6) is 0 Å². The first-order valence-electron chi connectivity index (χ1n) is 6.87. The molecule has 1 aromatic heterocycles. The van der Waals surface area contributed by atoms with E-state index in [0.717, 1.165) is 35.5 Å². The van der Waals surface area contributed by atoms with E-state index in [4.69, 9.17) is 10.8 Å². The zero-order valence-corrected chi connectivity index (χ0v) is 12.5. The van der Waals surface area contributed by atoms with E-state index >= 15 is 0 Å². The van der Waals surface area contributed by atoms with E-state index < -0.39 is 0 Å². The summed E-state index contributed by atoms with van der Waals surface area (Å²) in [4.78, 5) is 0. The molecule has 2 aromatic rings. The monoisotopic (exact) mass is 291 g/mol. The number of aliphatic hydroxyl groups is 1. The second-order valence-electron chi connectivity index (χ2n) is 4.99. The first-order valence-corrected chi connectivity index (χ1v) is 7.65. The maximum absolute atomic E-state index is 9.00. The fourth-order valence-corrected chi connectivity index (χ4v) is 2.81. The van der Waals surface area contributed by atoms with Gasteiger partial charge in [0.2, 0.25) is 0 Å². The Morgan fingerprint density at radius 2 is 2.10 bits per heavy atom. The Bertz CT molecular complexity index is 527. The molecule has 1 unspecified atom stereocenters. The smallest absolute Gasteiger partial charge is 0.147 e. The number of nitrogens with two attached hydrogens (primary N) is 1. The van der Waals surface area contributed by atoms with E-state index in [1.54, 1.807) is 0 Å². The Hall–Kier alpha value is -1.59. The van der Waals surface area contributed by atoms with Gasteiger partial charge >= 0.3 is 0 Å². The van der Waals surface area contributed by atoms with Gasteiger partial charge in [0.1, 0.15) is 10.8 Å². The van der Waals surface area contributed by atoms with Crippen LogP contribution in [0.3, 0.4) is 0 Å². The van der Waals surface area contributed by atoms with Gasteiger partial charge in [0.05, 0.1) is 5.56 Å². The zero-order valence-electron chi connectivity index (χ0n) is 11.7. The number of benzene rings is 1. The normalized spacial score (nSPS) is 12.3. The summed E-state index contributed by atoms with van der Waals surface area (Å²) in [6.07, 6.45) is 2.03. The Labute approximate surface area is 123 Å². The fourth-order valence-electron chi connectivity index (χ4n) is 2.05. The van der Waals surface area contributed by atoms with Crippen LogP contribution in [-0.4, -0.2) is 22.6 Å². The predicted octanol–water partition coefficient (Wildman–Crippen LogP) is 3.21. The Morgan fingerprint density at radius 3 is 2.80 bits per heavy atom. The second kappa shape index (κ2) is 7.26. The third-order valence-electron chi connectivity index (χ3n) is 3.25. The fraction of sp³-hybridized carbons (Fsp3) is 0.400. The Kier molecular flexibility index (Phi) is 5.38. The maximum Gasteiger partial charge on any atom is 0.147 e. The number of nitrogens with zero attached hydrogens (tertiary/aromatic N) is 1. The number of rotatable bonds is 7. The van der Waals surface area contributed by atoms with Crippen molar-refractivity contribution >= 4 is 22.4 Å². The van der Waals surface area contributed by atoms with Crippen molar-refractivity contribution in [2.45, 2.75) is 19.8 Å². The Balaban J connectivity index is 1.99. The summed E-state index contributed by atoms with van der Waals surface area (Å²) in [6.45, 7) is 3.18. The van der Waals surface area contributed by atoms with Crippen LogP contribution in [0.25, 0.3) is 11.1 Å². The quantitative estimate of drug-likeness (QED) is 0.685. The van der Waals surface area contributed by atoms with Crippen molar-refractivity contribution in [2.75, 3.05) is 24.2 Å². The molecule has 108 valence electrons. The minimum atomic E-state index is 0.253. The topological polar surface area (TPSA) is 71.2 Å². The lowest BCUT2D eigenvalue weighted by molar-refractivity contribution is 0.229. The SMILES string of the molecule is CC(CO)CCCNc1snc(N)c1-c1ccccc1. The van der Waals surface area contributed by atoms with Gasteiger partial charge < -0.3 is 16.2 Å². The summed E-state index contributed by atoms with van der Waals surface area (Å²) in [5.41, 5.74) is 8.05. The minimum Gasteiger partial charge on any atom is -0.396 e. The number of hydrogen-bond acceptors (Lipinski definition) is 5. The zero-order chi connectivity index (χ0) is 14.4. The van der Waals surface area contributed by atoms with Crippen molar-refractivity contribution in [1.82, 2.24) is 4.37 Å². The summed E-state index contributed by atoms with van der Waals surface area (Å²) in [5.74, 6) is 0.935. The molecule has 0 bridgehead atoms. The number of nitrogens with one attached hydrogen (secondary N) is 1. The lowest BCUT2D eigenvalue weighted by Crippen LogP contribution is -2.06. The van der Waals surface area contributed by atoms with Crippen molar-refractivity contribution in [1.29, 1.82) is 0 Å². The molecule has 0 aliphatic carbocycles. The first-order chi connectivity index (χ1) is 9.72. The highest BCUT2D eigenvalue weighted by Crippen LogP contribution is 2.36. The van der Waals surface area contributed by atoms with Gasteiger partial charge in [-0.1, -0.05) is 37.3 Å². The van der Waals surface area contributed by atoms with E-state index in [0.29, 0.717) is 11.7 Å². The third-order valence-corrected chi connectivity index (χ3v) is 4.07. The van der Waals surface area contributed by atoms with Crippen LogP contribution in [0, 0.1) is 5.92 Å². The minimum absolute atomic E-state index is 0.253. The standard InChI is InChI=1S/C15H21N3OS/c1-11(10-19)6-5-9-17-15-13(14(16)18-20-15)12-7-3-2-4-8-12/h2-4,7-8,11,17,19H,5-6,9-10H2,1H3,(H2,16,18). The molecule has 2 rings (SSSR count). The summed E-state index contributed by atoms with van der Waals surface area (Å²) in [6, 6.07) is 10.1. The molecule has 0 amide bonds. The van der Waals surface area contributed by atoms with E-state index in [-0.39, 0.29) is 6.61 Å². The molecule has 1 aromatic carbocycles. The number of nitrogen functional groups attached to an aromatic ring is 1. The van der Waals surface area contributed by atoms with Crippen molar-refractivity contribution in [3.8, 4) is 11.1 Å². The van der Waals surface area contributed by atoms with Gasteiger partial charge in [0, 0.05) is 13.2 Å². The van der Waals surface area contributed by atoms with Crippen LogP contribution in [0.15, 0.2) is 30.3 Å². The van der Waals surface area contributed by atoms with E-state index in [1.807, 2.05) is 30.3 Å². The number of anilines is 2. The third kappa shape index (κ3) is 3.71. The molecule has 1 heterocycles. The van der Waals surface area contributed by atoms with Gasteiger partial charge in [-0.15, -0.1) is 0 Å². The van der Waals surface area contributed by atoms with Gasteiger partial charge in [0.15, 0.2) is 0 Å². The molecule has 0 fully saturated rings. The van der Waals surface area contributed by atoms with Crippen LogP contribution in [0.1, 0.15) is 19.8 Å². The van der Waals surface area contributed by atoms with Crippen molar-refractivity contribution in [3.63, 3.8) is 0 Å². The largest absolute Gasteiger partial charge is 0.396 e. The average molecular weight is 291 g/mol. The highest BCUT2D eigenvalue weighted by atomic mass is 32.1. The molecule has 5 heteroatoms.